The summed E-state index contributed by atoms with van der Waals surface area (Å²) in [6.45, 7) is 13.9. The Kier molecular flexibility index (Phi) is 16.1. The molecule has 0 N–H and O–H groups in total. The van der Waals surface area contributed by atoms with E-state index in [1.54, 1.807) is 11.1 Å². The summed E-state index contributed by atoms with van der Waals surface area (Å²) < 4.78 is 0. The van der Waals surface area contributed by atoms with E-state index in [1.165, 1.54) is 167 Å². The molecule has 0 atom stereocenters. The summed E-state index contributed by atoms with van der Waals surface area (Å²) in [7, 11) is 0. The van der Waals surface area contributed by atoms with E-state index < -0.39 is 0 Å². The molecule has 356 valence electrons. The molecule has 0 radical (unpaired) electrons. The van der Waals surface area contributed by atoms with E-state index in [9.17, 15) is 0 Å². The number of thiophene rings is 2. The Balaban J connectivity index is 1.23. The van der Waals surface area contributed by atoms with Crippen molar-refractivity contribution in [3.8, 4) is 65.0 Å². The summed E-state index contributed by atoms with van der Waals surface area (Å²) in [4.78, 5) is 16.9. The minimum atomic E-state index is 0.0403. The molecule has 0 fully saturated rings. The van der Waals surface area contributed by atoms with Gasteiger partial charge in [0.25, 0.3) is 0 Å². The van der Waals surface area contributed by atoms with Gasteiger partial charge in [-0.15, -0.1) is 22.7 Å². The molecule has 8 aromatic rings. The van der Waals surface area contributed by atoms with Crippen molar-refractivity contribution < 1.29 is 0 Å². The molecule has 0 aliphatic heterocycles. The van der Waals surface area contributed by atoms with Crippen LogP contribution in [0.25, 0.3) is 76.0 Å². The van der Waals surface area contributed by atoms with E-state index >= 15 is 0 Å². The average molecular weight is 947 g/mol. The lowest BCUT2D eigenvalue weighted by atomic mass is 9.70. The number of hydrogen-bond donors (Lipinski definition) is 0. The highest BCUT2D eigenvalue weighted by molar-refractivity contribution is 7.19. The number of benzene rings is 5. The van der Waals surface area contributed by atoms with Crippen LogP contribution in [0.4, 0.5) is 0 Å². The number of unbranched alkanes of at least 4 members (excludes halogenated alkanes) is 10. The summed E-state index contributed by atoms with van der Waals surface area (Å²) in [5.74, 6) is 0. The Hall–Kier alpha value is -5.16. The summed E-state index contributed by atoms with van der Waals surface area (Å²) >= 11 is 3.89. The van der Waals surface area contributed by atoms with Gasteiger partial charge >= 0.3 is 0 Å². The van der Waals surface area contributed by atoms with Gasteiger partial charge in [-0.2, -0.15) is 0 Å². The van der Waals surface area contributed by atoms with Crippen molar-refractivity contribution in [1.29, 1.82) is 0 Å². The van der Waals surface area contributed by atoms with Crippen molar-refractivity contribution in [3.63, 3.8) is 0 Å². The van der Waals surface area contributed by atoms with Crippen molar-refractivity contribution >= 4 is 33.7 Å². The van der Waals surface area contributed by atoms with Crippen molar-refractivity contribution in [2.24, 2.45) is 0 Å². The second kappa shape index (κ2) is 22.7. The maximum absolute atomic E-state index is 5.79. The SMILES string of the molecule is CCCCCCC1(CCCCCC)c2cc(C)ccc2-c2ccc(-c3sc(-c4ccc(-c5cc(CCCCC)c(C)s5)c5nc(-c6ccccc6)c(-c6ccccc6)nc45)cc3CCCCC)cc21. The lowest BCUT2D eigenvalue weighted by Gasteiger charge is -2.33. The highest BCUT2D eigenvalue weighted by Gasteiger charge is 2.42. The zero-order chi connectivity index (χ0) is 47.7. The molecule has 0 saturated carbocycles. The molecule has 5 aromatic carbocycles. The van der Waals surface area contributed by atoms with Crippen molar-refractivity contribution in [1.82, 2.24) is 9.97 Å². The van der Waals surface area contributed by atoms with Crippen LogP contribution < -0.4 is 0 Å². The average Bonchev–Trinajstić information content (AvgIpc) is 4.05. The van der Waals surface area contributed by atoms with Crippen molar-refractivity contribution in [2.45, 2.75) is 163 Å². The molecule has 0 spiro atoms. The first-order chi connectivity index (χ1) is 33.9. The number of hydrogen-bond acceptors (Lipinski definition) is 4. The molecule has 0 saturated heterocycles. The topological polar surface area (TPSA) is 25.8 Å². The van der Waals surface area contributed by atoms with Gasteiger partial charge in [-0.1, -0.05) is 213 Å². The van der Waals surface area contributed by atoms with E-state index in [0.717, 1.165) is 46.4 Å². The molecule has 4 heteroatoms. The van der Waals surface area contributed by atoms with Gasteiger partial charge in [-0.3, -0.25) is 0 Å². The van der Waals surface area contributed by atoms with E-state index in [2.05, 4.69) is 163 Å². The second-order valence-electron chi connectivity index (χ2n) is 20.1. The Labute approximate surface area is 422 Å². The predicted octanol–water partition coefficient (Wildman–Crippen LogP) is 20.4. The van der Waals surface area contributed by atoms with Crippen LogP contribution in [0.2, 0.25) is 0 Å². The second-order valence-corrected chi connectivity index (χ2v) is 22.4. The van der Waals surface area contributed by atoms with Crippen molar-refractivity contribution in [3.05, 3.63) is 154 Å². The highest BCUT2D eigenvalue weighted by atomic mass is 32.1. The Morgan fingerprint density at radius 1 is 0.420 bits per heavy atom. The van der Waals surface area contributed by atoms with Gasteiger partial charge in [0.2, 0.25) is 0 Å². The molecule has 69 heavy (non-hydrogen) atoms. The number of aromatic nitrogens is 2. The lowest BCUT2D eigenvalue weighted by molar-refractivity contribution is 0.401. The first-order valence-corrected chi connectivity index (χ1v) is 28.4. The minimum Gasteiger partial charge on any atom is -0.243 e. The summed E-state index contributed by atoms with van der Waals surface area (Å²) in [6, 6.07) is 46.1. The van der Waals surface area contributed by atoms with Gasteiger partial charge in [-0.05, 0) is 110 Å². The summed E-state index contributed by atoms with van der Waals surface area (Å²) in [6.07, 6.45) is 22.3. The minimum absolute atomic E-state index is 0.0403. The van der Waals surface area contributed by atoms with Gasteiger partial charge in [0, 0.05) is 47.2 Å². The fraction of sp³-hybridized carbons (Fsp3) is 0.385. The third-order valence-electron chi connectivity index (χ3n) is 15.1. The van der Waals surface area contributed by atoms with Crippen LogP contribution in [0.15, 0.2) is 121 Å². The summed E-state index contributed by atoms with van der Waals surface area (Å²) in [5, 5.41) is 0. The molecule has 0 amide bonds. The van der Waals surface area contributed by atoms with Crippen LogP contribution >= 0.6 is 22.7 Å². The van der Waals surface area contributed by atoms with Gasteiger partial charge in [0.1, 0.15) is 0 Å². The van der Waals surface area contributed by atoms with Gasteiger partial charge in [0.15, 0.2) is 0 Å². The first kappa shape index (κ1) is 48.8. The molecule has 1 aliphatic rings. The molecular formula is C65H74N2S2. The van der Waals surface area contributed by atoms with Crippen LogP contribution in [0.5, 0.6) is 0 Å². The zero-order valence-electron chi connectivity index (χ0n) is 42.5. The largest absolute Gasteiger partial charge is 0.243 e. The highest BCUT2D eigenvalue weighted by Crippen LogP contribution is 2.56. The van der Waals surface area contributed by atoms with Crippen molar-refractivity contribution in [2.75, 3.05) is 0 Å². The quantitative estimate of drug-likeness (QED) is 0.0597. The lowest BCUT2D eigenvalue weighted by Crippen LogP contribution is -2.25. The Morgan fingerprint density at radius 3 is 1.46 bits per heavy atom. The Bertz CT molecular complexity index is 2960. The molecule has 0 unspecified atom stereocenters. The number of nitrogens with zero attached hydrogens (tertiary/aromatic N) is 2. The molecule has 0 bridgehead atoms. The number of rotatable bonds is 23. The van der Waals surface area contributed by atoms with Gasteiger partial charge in [0.05, 0.1) is 22.4 Å². The maximum Gasteiger partial charge on any atom is 0.0988 e. The van der Waals surface area contributed by atoms with Gasteiger partial charge in [-0.25, -0.2) is 9.97 Å². The zero-order valence-corrected chi connectivity index (χ0v) is 44.1. The molecule has 3 heterocycles. The Morgan fingerprint density at radius 2 is 0.899 bits per heavy atom. The molecule has 3 aromatic heterocycles. The number of fused-ring (bicyclic) bond motifs is 4. The third-order valence-corrected chi connectivity index (χ3v) is 17.5. The van der Waals surface area contributed by atoms with Crippen LogP contribution in [0.3, 0.4) is 0 Å². The normalized spacial score (nSPS) is 12.8. The predicted molar refractivity (Wildman–Crippen MR) is 302 cm³/mol. The van der Waals surface area contributed by atoms with E-state index in [-0.39, 0.29) is 5.41 Å². The first-order valence-electron chi connectivity index (χ1n) is 26.8. The maximum atomic E-state index is 5.79. The molecule has 2 nitrogen and oxygen atoms in total. The standard InChI is InChI=1S/C65H74N2S2/c1-7-11-15-25-39-65(40-26-16-12-8-2)56-41-45(5)33-35-52(56)53-36-34-51(42-57(53)65)64-50(32-20-14-10-4)44-59(69-64)55-38-37-54(58-43-49(46(6)68-58)31-19-13-9-3)62-63(55)67-61(48-29-23-18-24-30-48)60(66-62)47-27-21-17-22-28-47/h17-18,21-24,27-30,33-38,41-44H,7-16,19-20,25-26,31-32,39-40H2,1-6H3. The van der Waals surface area contributed by atoms with Crippen LogP contribution in [0.1, 0.15) is 163 Å². The molecule has 1 aliphatic carbocycles. The third kappa shape index (κ3) is 10.4. The number of aryl methyl sites for hydroxylation is 4. The van der Waals surface area contributed by atoms with Crippen LogP contribution in [-0.4, -0.2) is 9.97 Å². The van der Waals surface area contributed by atoms with Gasteiger partial charge < -0.3 is 0 Å². The molecular weight excluding hydrogens is 873 g/mol. The van der Waals surface area contributed by atoms with Crippen LogP contribution in [0, 0.1) is 13.8 Å². The smallest absolute Gasteiger partial charge is 0.0988 e. The van der Waals surface area contributed by atoms with E-state index in [0.29, 0.717) is 0 Å². The van der Waals surface area contributed by atoms with Crippen LogP contribution in [-0.2, 0) is 18.3 Å². The monoisotopic (exact) mass is 947 g/mol. The van der Waals surface area contributed by atoms with E-state index in [4.69, 9.17) is 9.97 Å². The fourth-order valence-corrected chi connectivity index (χ4v) is 13.6. The fourth-order valence-electron chi connectivity index (χ4n) is 11.3. The molecule has 9 rings (SSSR count). The summed E-state index contributed by atoms with van der Waals surface area (Å²) in [5.41, 5.74) is 20.2. The van der Waals surface area contributed by atoms with E-state index in [1.807, 2.05) is 22.7 Å².